The van der Waals surface area contributed by atoms with Crippen molar-refractivity contribution in [1.29, 1.82) is 0 Å². The normalized spacial score (nSPS) is 14.1. The monoisotopic (exact) mass is 240 g/mol. The molecule has 1 fully saturated rings. The lowest BCUT2D eigenvalue weighted by atomic mass is 10.2. The van der Waals surface area contributed by atoms with Crippen LogP contribution in [0.4, 0.5) is 5.69 Å². The molecular weight excluding hydrogens is 224 g/mol. The molecule has 2 N–H and O–H groups in total. The van der Waals surface area contributed by atoms with Gasteiger partial charge in [-0.2, -0.15) is 0 Å². The number of amides is 1. The molecule has 1 saturated carbocycles. The molecule has 0 radical (unpaired) electrons. The number of carbonyl (C=O) groups excluding carboxylic acids is 1. The van der Waals surface area contributed by atoms with E-state index in [0.717, 1.165) is 25.1 Å². The quantitative estimate of drug-likeness (QED) is 0.847. The zero-order valence-electron chi connectivity index (χ0n) is 9.32. The third-order valence-corrected chi connectivity index (χ3v) is 2.55. The van der Waals surface area contributed by atoms with Gasteiger partial charge in [-0.25, -0.2) is 0 Å². The average molecular weight is 241 g/mol. The van der Waals surface area contributed by atoms with E-state index in [4.69, 9.17) is 0 Å². The van der Waals surface area contributed by atoms with Crippen molar-refractivity contribution in [2.45, 2.75) is 19.4 Å². The zero-order chi connectivity index (χ0) is 10.7. The Morgan fingerprint density at radius 2 is 1.94 bits per heavy atom. The first kappa shape index (κ1) is 13.0. The molecule has 2 rings (SSSR count). The third-order valence-electron chi connectivity index (χ3n) is 2.55. The van der Waals surface area contributed by atoms with Gasteiger partial charge in [0.1, 0.15) is 0 Å². The molecule has 0 unspecified atom stereocenters. The highest BCUT2D eigenvalue weighted by atomic mass is 35.5. The largest absolute Gasteiger partial charge is 0.326 e. The second-order valence-electron chi connectivity index (χ2n) is 3.99. The molecule has 0 spiro atoms. The Hall–Kier alpha value is -1.06. The minimum Gasteiger partial charge on any atom is -0.326 e. The first-order valence-corrected chi connectivity index (χ1v) is 5.34. The van der Waals surface area contributed by atoms with Crippen LogP contribution in [0.25, 0.3) is 0 Å². The summed E-state index contributed by atoms with van der Waals surface area (Å²) < 4.78 is 0. The topological polar surface area (TPSA) is 41.1 Å². The van der Waals surface area contributed by atoms with Gasteiger partial charge < -0.3 is 10.6 Å². The van der Waals surface area contributed by atoms with Crippen molar-refractivity contribution in [1.82, 2.24) is 5.32 Å². The Balaban J connectivity index is 0.00000128. The average Bonchev–Trinajstić information content (AvgIpc) is 3.04. The van der Waals surface area contributed by atoms with Gasteiger partial charge in [0.05, 0.1) is 0 Å². The summed E-state index contributed by atoms with van der Waals surface area (Å²) in [7, 11) is 1.92. The molecule has 0 heterocycles. The number of carbonyl (C=O) groups is 1. The lowest BCUT2D eigenvalue weighted by Gasteiger charge is -2.05. The fourth-order valence-electron chi connectivity index (χ4n) is 1.50. The highest BCUT2D eigenvalue weighted by molar-refractivity contribution is 5.93. The molecule has 3 nitrogen and oxygen atoms in total. The summed E-state index contributed by atoms with van der Waals surface area (Å²) in [5.41, 5.74) is 2.12. The minimum absolute atomic E-state index is 0. The van der Waals surface area contributed by atoms with Gasteiger partial charge in [0.2, 0.25) is 5.91 Å². The van der Waals surface area contributed by atoms with E-state index in [1.807, 2.05) is 31.3 Å². The van der Waals surface area contributed by atoms with Gasteiger partial charge in [-0.15, -0.1) is 12.4 Å². The Kier molecular flexibility index (Phi) is 4.77. The van der Waals surface area contributed by atoms with E-state index < -0.39 is 0 Å². The number of rotatable bonds is 4. The number of anilines is 1. The highest BCUT2D eigenvalue weighted by Gasteiger charge is 2.29. The van der Waals surface area contributed by atoms with Crippen LogP contribution in [0.1, 0.15) is 18.4 Å². The number of nitrogens with one attached hydrogen (secondary N) is 2. The number of halogens is 1. The summed E-state index contributed by atoms with van der Waals surface area (Å²) in [5, 5.41) is 6.00. The molecule has 1 aliphatic carbocycles. The summed E-state index contributed by atoms with van der Waals surface area (Å²) in [6.45, 7) is 0.858. The Morgan fingerprint density at radius 1 is 1.31 bits per heavy atom. The van der Waals surface area contributed by atoms with Crippen LogP contribution in [0.15, 0.2) is 24.3 Å². The molecule has 1 aromatic carbocycles. The second kappa shape index (κ2) is 5.87. The smallest absolute Gasteiger partial charge is 0.227 e. The number of hydrogen-bond acceptors (Lipinski definition) is 2. The van der Waals surface area contributed by atoms with Gasteiger partial charge in [-0.1, -0.05) is 12.1 Å². The molecule has 0 bridgehead atoms. The van der Waals surface area contributed by atoms with E-state index in [1.165, 1.54) is 5.56 Å². The van der Waals surface area contributed by atoms with Crippen LogP contribution < -0.4 is 10.6 Å². The molecule has 4 heteroatoms. The maximum absolute atomic E-state index is 11.5. The molecule has 16 heavy (non-hydrogen) atoms. The van der Waals surface area contributed by atoms with E-state index in [1.54, 1.807) is 0 Å². The van der Waals surface area contributed by atoms with Gasteiger partial charge in [0, 0.05) is 18.2 Å². The van der Waals surface area contributed by atoms with Crippen LogP contribution in [0.2, 0.25) is 0 Å². The van der Waals surface area contributed by atoms with Gasteiger partial charge in [-0.3, -0.25) is 4.79 Å². The van der Waals surface area contributed by atoms with Crippen LogP contribution in [0, 0.1) is 5.92 Å². The summed E-state index contributed by atoms with van der Waals surface area (Å²) in [6.07, 6.45) is 2.09. The van der Waals surface area contributed by atoms with Crippen LogP contribution in [-0.4, -0.2) is 13.0 Å². The maximum atomic E-state index is 11.5. The number of hydrogen-bond donors (Lipinski definition) is 2. The first-order chi connectivity index (χ1) is 7.29. The summed E-state index contributed by atoms with van der Waals surface area (Å²) >= 11 is 0. The van der Waals surface area contributed by atoms with Crippen molar-refractivity contribution in [3.8, 4) is 0 Å². The predicted molar refractivity (Wildman–Crippen MR) is 67.8 cm³/mol. The van der Waals surface area contributed by atoms with E-state index in [0.29, 0.717) is 0 Å². The first-order valence-electron chi connectivity index (χ1n) is 5.34. The third kappa shape index (κ3) is 3.51. The Bertz CT molecular complexity index is 347. The van der Waals surface area contributed by atoms with Crippen LogP contribution in [0.5, 0.6) is 0 Å². The van der Waals surface area contributed by atoms with Crippen LogP contribution in [-0.2, 0) is 11.3 Å². The van der Waals surface area contributed by atoms with Gasteiger partial charge in [0.25, 0.3) is 0 Å². The highest BCUT2D eigenvalue weighted by Crippen LogP contribution is 2.30. The fourth-order valence-corrected chi connectivity index (χ4v) is 1.50. The maximum Gasteiger partial charge on any atom is 0.227 e. The molecule has 0 saturated heterocycles. The fraction of sp³-hybridized carbons (Fsp3) is 0.417. The summed E-state index contributed by atoms with van der Waals surface area (Å²) in [5.74, 6) is 0.429. The second-order valence-corrected chi connectivity index (χ2v) is 3.99. The molecule has 1 amide bonds. The Morgan fingerprint density at radius 3 is 2.44 bits per heavy atom. The molecular formula is C12H17ClN2O. The molecule has 88 valence electrons. The van der Waals surface area contributed by atoms with E-state index in [-0.39, 0.29) is 24.2 Å². The van der Waals surface area contributed by atoms with Crippen molar-refractivity contribution in [3.63, 3.8) is 0 Å². The predicted octanol–water partition coefficient (Wildman–Crippen LogP) is 2.18. The van der Waals surface area contributed by atoms with E-state index in [9.17, 15) is 4.79 Å². The SMILES string of the molecule is CNCc1ccc(NC(=O)C2CC2)cc1.Cl. The molecule has 1 aromatic rings. The van der Waals surface area contributed by atoms with Gasteiger partial charge in [-0.05, 0) is 37.6 Å². The van der Waals surface area contributed by atoms with Crippen LogP contribution in [0.3, 0.4) is 0 Å². The van der Waals surface area contributed by atoms with Gasteiger partial charge in [0.15, 0.2) is 0 Å². The van der Waals surface area contributed by atoms with Crippen molar-refractivity contribution in [2.75, 3.05) is 12.4 Å². The van der Waals surface area contributed by atoms with E-state index >= 15 is 0 Å². The van der Waals surface area contributed by atoms with Crippen molar-refractivity contribution in [3.05, 3.63) is 29.8 Å². The number of benzene rings is 1. The molecule has 1 aliphatic rings. The lowest BCUT2D eigenvalue weighted by molar-refractivity contribution is -0.117. The van der Waals surface area contributed by atoms with Crippen molar-refractivity contribution in [2.24, 2.45) is 5.92 Å². The summed E-state index contributed by atoms with van der Waals surface area (Å²) in [6, 6.07) is 7.96. The molecule has 0 aliphatic heterocycles. The van der Waals surface area contributed by atoms with Crippen molar-refractivity contribution < 1.29 is 4.79 Å². The van der Waals surface area contributed by atoms with Gasteiger partial charge >= 0.3 is 0 Å². The summed E-state index contributed by atoms with van der Waals surface area (Å²) in [4.78, 5) is 11.5. The van der Waals surface area contributed by atoms with Crippen molar-refractivity contribution >= 4 is 24.0 Å². The molecule has 0 atom stereocenters. The van der Waals surface area contributed by atoms with Crippen LogP contribution >= 0.6 is 12.4 Å². The molecule has 0 aromatic heterocycles. The Labute approximate surface area is 102 Å². The lowest BCUT2D eigenvalue weighted by Crippen LogP contribution is -2.13. The zero-order valence-corrected chi connectivity index (χ0v) is 10.1. The minimum atomic E-state index is 0. The van der Waals surface area contributed by atoms with E-state index in [2.05, 4.69) is 10.6 Å². The standard InChI is InChI=1S/C12H16N2O.ClH/c1-13-8-9-2-6-11(7-3-9)14-12(15)10-4-5-10;/h2-3,6-7,10,13H,4-5,8H2,1H3,(H,14,15);1H.